The number of carbonyl (C=O) groups is 1. The van der Waals surface area contributed by atoms with Crippen molar-refractivity contribution in [2.45, 2.75) is 31.8 Å². The zero-order valence-electron chi connectivity index (χ0n) is 10.6. The van der Waals surface area contributed by atoms with Crippen LogP contribution < -0.4 is 4.90 Å². The van der Waals surface area contributed by atoms with E-state index in [2.05, 4.69) is 4.98 Å². The van der Waals surface area contributed by atoms with E-state index in [0.717, 1.165) is 37.1 Å². The molecule has 0 saturated carbocycles. The van der Waals surface area contributed by atoms with Gasteiger partial charge >= 0.3 is 0 Å². The first kappa shape index (κ1) is 12.1. The van der Waals surface area contributed by atoms with Gasteiger partial charge in [-0.1, -0.05) is 0 Å². The number of carbonyl (C=O) groups excluding carboxylic acids is 1. The van der Waals surface area contributed by atoms with E-state index < -0.39 is 0 Å². The van der Waals surface area contributed by atoms with Crippen molar-refractivity contribution in [1.29, 1.82) is 5.26 Å². The molecule has 3 rings (SSSR count). The lowest BCUT2D eigenvalue weighted by Crippen LogP contribution is -2.42. The zero-order chi connectivity index (χ0) is 13.2. The van der Waals surface area contributed by atoms with Gasteiger partial charge in [-0.15, -0.1) is 0 Å². The summed E-state index contributed by atoms with van der Waals surface area (Å²) in [6.45, 7) is 1.38. The number of hydrogen-bond donors (Lipinski definition) is 0. The van der Waals surface area contributed by atoms with Gasteiger partial charge in [-0.25, -0.2) is 4.98 Å². The number of nitrogens with zero attached hydrogens (tertiary/aromatic N) is 3. The number of amides is 1. The molecule has 0 radical (unpaired) electrons. The van der Waals surface area contributed by atoms with E-state index in [9.17, 15) is 4.79 Å². The summed E-state index contributed by atoms with van der Waals surface area (Å²) < 4.78 is 5.46. The predicted octanol–water partition coefficient (Wildman–Crippen LogP) is 1.41. The van der Waals surface area contributed by atoms with Gasteiger partial charge in [0.25, 0.3) is 5.91 Å². The van der Waals surface area contributed by atoms with E-state index in [4.69, 9.17) is 10.00 Å². The average Bonchev–Trinajstić information content (AvgIpc) is 2.99. The standard InChI is InChI=1S/C14H15N3O2/c15-9-10-5-6-12-11(16-10)3-1-7-17(12)14(18)13-4-2-8-19-13/h5-6,13H,1-4,7-8H2/t13-/m1/s1. The van der Waals surface area contributed by atoms with Crippen LogP contribution in [-0.4, -0.2) is 30.1 Å². The first-order chi connectivity index (χ1) is 9.29. The van der Waals surface area contributed by atoms with Crippen LogP contribution in [0.5, 0.6) is 0 Å². The number of aromatic nitrogens is 1. The molecule has 19 heavy (non-hydrogen) atoms. The van der Waals surface area contributed by atoms with Crippen LogP contribution in [0.3, 0.4) is 0 Å². The van der Waals surface area contributed by atoms with Gasteiger partial charge in [-0.05, 0) is 37.8 Å². The predicted molar refractivity (Wildman–Crippen MR) is 68.6 cm³/mol. The molecule has 1 aromatic rings. The minimum absolute atomic E-state index is 0.0324. The number of pyridine rings is 1. The summed E-state index contributed by atoms with van der Waals surface area (Å²) in [5.41, 5.74) is 2.09. The van der Waals surface area contributed by atoms with Crippen molar-refractivity contribution in [2.75, 3.05) is 18.1 Å². The minimum Gasteiger partial charge on any atom is -0.368 e. The van der Waals surface area contributed by atoms with Gasteiger partial charge < -0.3 is 9.64 Å². The van der Waals surface area contributed by atoms with Crippen LogP contribution in [-0.2, 0) is 16.0 Å². The first-order valence-corrected chi connectivity index (χ1v) is 6.62. The molecule has 0 bridgehead atoms. The maximum Gasteiger partial charge on any atom is 0.256 e. The molecular formula is C14H15N3O2. The molecule has 3 heterocycles. The smallest absolute Gasteiger partial charge is 0.256 e. The van der Waals surface area contributed by atoms with Gasteiger partial charge in [0.05, 0.1) is 11.4 Å². The maximum absolute atomic E-state index is 12.4. The van der Waals surface area contributed by atoms with E-state index in [-0.39, 0.29) is 12.0 Å². The zero-order valence-corrected chi connectivity index (χ0v) is 10.6. The van der Waals surface area contributed by atoms with Crippen LogP contribution in [0.25, 0.3) is 0 Å². The van der Waals surface area contributed by atoms with E-state index in [0.29, 0.717) is 18.8 Å². The van der Waals surface area contributed by atoms with Gasteiger partial charge in [0.2, 0.25) is 0 Å². The fourth-order valence-electron chi connectivity index (χ4n) is 2.69. The van der Waals surface area contributed by atoms with Gasteiger partial charge in [-0.3, -0.25) is 4.79 Å². The highest BCUT2D eigenvalue weighted by atomic mass is 16.5. The third-order valence-corrected chi connectivity index (χ3v) is 3.62. The second-order valence-corrected chi connectivity index (χ2v) is 4.87. The maximum atomic E-state index is 12.4. The van der Waals surface area contributed by atoms with Gasteiger partial charge in [0.1, 0.15) is 17.9 Å². The van der Waals surface area contributed by atoms with E-state index in [1.165, 1.54) is 0 Å². The summed E-state index contributed by atoms with van der Waals surface area (Å²) in [6.07, 6.45) is 3.14. The van der Waals surface area contributed by atoms with Crippen molar-refractivity contribution in [3.63, 3.8) is 0 Å². The van der Waals surface area contributed by atoms with Crippen LogP contribution in [0.4, 0.5) is 5.69 Å². The van der Waals surface area contributed by atoms with Crippen LogP contribution in [0.2, 0.25) is 0 Å². The Kier molecular flexibility index (Phi) is 3.18. The van der Waals surface area contributed by atoms with Gasteiger partial charge in [0.15, 0.2) is 0 Å². The second-order valence-electron chi connectivity index (χ2n) is 4.87. The summed E-state index contributed by atoms with van der Waals surface area (Å²) in [6, 6.07) is 5.53. The highest BCUT2D eigenvalue weighted by molar-refractivity contribution is 5.97. The molecule has 1 aromatic heterocycles. The summed E-state index contributed by atoms with van der Waals surface area (Å²) in [5, 5.41) is 8.87. The largest absolute Gasteiger partial charge is 0.368 e. The van der Waals surface area contributed by atoms with Crippen LogP contribution >= 0.6 is 0 Å². The summed E-state index contributed by atoms with van der Waals surface area (Å²) in [4.78, 5) is 18.5. The molecule has 0 spiro atoms. The Morgan fingerprint density at radius 3 is 3.11 bits per heavy atom. The molecule has 5 nitrogen and oxygen atoms in total. The summed E-state index contributed by atoms with van der Waals surface area (Å²) in [5.74, 6) is 0.0324. The SMILES string of the molecule is N#Cc1ccc2c(n1)CCCN2C(=O)[C@H]1CCCO1. The molecule has 0 aromatic carbocycles. The Bertz CT molecular complexity index is 544. The molecule has 98 valence electrons. The number of aryl methyl sites for hydroxylation is 1. The first-order valence-electron chi connectivity index (χ1n) is 6.62. The lowest BCUT2D eigenvalue weighted by Gasteiger charge is -2.30. The number of nitriles is 1. The Labute approximate surface area is 111 Å². The van der Waals surface area contributed by atoms with Crippen molar-refractivity contribution in [3.05, 3.63) is 23.5 Å². The Morgan fingerprint density at radius 1 is 1.47 bits per heavy atom. The summed E-state index contributed by atoms with van der Waals surface area (Å²) in [7, 11) is 0. The lowest BCUT2D eigenvalue weighted by atomic mass is 10.1. The van der Waals surface area contributed by atoms with E-state index in [1.807, 2.05) is 12.1 Å². The number of fused-ring (bicyclic) bond motifs is 1. The van der Waals surface area contributed by atoms with E-state index >= 15 is 0 Å². The molecule has 5 heteroatoms. The van der Waals surface area contributed by atoms with Crippen molar-refractivity contribution < 1.29 is 9.53 Å². The minimum atomic E-state index is -0.304. The fourth-order valence-corrected chi connectivity index (χ4v) is 2.69. The molecule has 1 fully saturated rings. The summed E-state index contributed by atoms with van der Waals surface area (Å²) >= 11 is 0. The monoisotopic (exact) mass is 257 g/mol. The Morgan fingerprint density at radius 2 is 2.37 bits per heavy atom. The van der Waals surface area contributed by atoms with E-state index in [1.54, 1.807) is 11.0 Å². The van der Waals surface area contributed by atoms with Crippen LogP contribution in [0.15, 0.2) is 12.1 Å². The molecule has 0 N–H and O–H groups in total. The number of rotatable bonds is 1. The quantitative estimate of drug-likeness (QED) is 0.763. The molecule has 0 unspecified atom stereocenters. The molecule has 1 amide bonds. The average molecular weight is 257 g/mol. The number of ether oxygens (including phenoxy) is 1. The lowest BCUT2D eigenvalue weighted by molar-refractivity contribution is -0.127. The third-order valence-electron chi connectivity index (χ3n) is 3.62. The highest BCUT2D eigenvalue weighted by Gasteiger charge is 2.31. The Balaban J connectivity index is 1.89. The van der Waals surface area contributed by atoms with Gasteiger partial charge in [0, 0.05) is 13.2 Å². The fraction of sp³-hybridized carbons (Fsp3) is 0.500. The highest BCUT2D eigenvalue weighted by Crippen LogP contribution is 2.28. The molecule has 1 atom stereocenters. The third kappa shape index (κ3) is 2.20. The molecule has 0 aliphatic carbocycles. The normalized spacial score (nSPS) is 21.8. The van der Waals surface area contributed by atoms with Crippen molar-refractivity contribution in [3.8, 4) is 6.07 Å². The molecule has 2 aliphatic rings. The van der Waals surface area contributed by atoms with Gasteiger partial charge in [-0.2, -0.15) is 5.26 Å². The van der Waals surface area contributed by atoms with Crippen LogP contribution in [0.1, 0.15) is 30.7 Å². The number of anilines is 1. The molecular weight excluding hydrogens is 242 g/mol. The Hall–Kier alpha value is -1.93. The van der Waals surface area contributed by atoms with Crippen molar-refractivity contribution >= 4 is 11.6 Å². The molecule has 1 saturated heterocycles. The van der Waals surface area contributed by atoms with Crippen molar-refractivity contribution in [1.82, 2.24) is 4.98 Å². The molecule has 2 aliphatic heterocycles. The van der Waals surface area contributed by atoms with Crippen LogP contribution in [0, 0.1) is 11.3 Å². The van der Waals surface area contributed by atoms with Crippen molar-refractivity contribution in [2.24, 2.45) is 0 Å². The topological polar surface area (TPSA) is 66.2 Å². The second kappa shape index (κ2) is 4.98. The number of hydrogen-bond acceptors (Lipinski definition) is 4.